The van der Waals surface area contributed by atoms with Crippen molar-refractivity contribution >= 4 is 34.2 Å². The van der Waals surface area contributed by atoms with Crippen molar-refractivity contribution in [2.75, 3.05) is 24.5 Å². The van der Waals surface area contributed by atoms with Gasteiger partial charge in [0, 0.05) is 36.8 Å². The quantitative estimate of drug-likeness (QED) is 0.453. The van der Waals surface area contributed by atoms with Gasteiger partial charge in [-0.3, -0.25) is 4.79 Å². The molecule has 0 fully saturated rings. The van der Waals surface area contributed by atoms with E-state index in [1.165, 1.54) is 5.69 Å². The minimum atomic E-state index is -0.178. The van der Waals surface area contributed by atoms with Crippen LogP contribution in [0.4, 0.5) is 5.69 Å². The largest absolute Gasteiger partial charge is 0.371 e. The number of carbonyl (C=O) groups excluding carboxylic acids is 1. The number of carbonyl (C=O) groups is 1. The summed E-state index contributed by atoms with van der Waals surface area (Å²) in [5.41, 5.74) is 1.52. The molecule has 0 radical (unpaired) electrons. The maximum absolute atomic E-state index is 12.3. The van der Waals surface area contributed by atoms with Gasteiger partial charge in [0.15, 0.2) is 5.69 Å². The number of anilines is 1. The van der Waals surface area contributed by atoms with Crippen LogP contribution in [0.2, 0.25) is 0 Å². The fourth-order valence-electron chi connectivity index (χ4n) is 2.65. The molecule has 0 saturated heterocycles. The highest BCUT2D eigenvalue weighted by atomic mass is 127. The Labute approximate surface area is 163 Å². The molecule has 1 aromatic heterocycles. The Hall–Kier alpha value is -1.57. The van der Waals surface area contributed by atoms with Crippen LogP contribution in [0, 0.1) is 5.41 Å². The van der Waals surface area contributed by atoms with Crippen LogP contribution < -0.4 is 10.2 Å². The number of rotatable bonds is 9. The van der Waals surface area contributed by atoms with Gasteiger partial charge in [0.05, 0.1) is 4.43 Å². The fourth-order valence-corrected chi connectivity index (χ4v) is 3.00. The lowest BCUT2D eigenvalue weighted by Gasteiger charge is -2.36. The van der Waals surface area contributed by atoms with Crippen LogP contribution in [0.15, 0.2) is 40.9 Å². The molecule has 0 saturated carbocycles. The Balaban J connectivity index is 2.00. The van der Waals surface area contributed by atoms with Crippen LogP contribution in [0.1, 0.15) is 43.4 Å². The predicted molar refractivity (Wildman–Crippen MR) is 109 cm³/mol. The molecule has 5 nitrogen and oxygen atoms in total. The number of para-hydroxylation sites is 1. The molecule has 136 valence electrons. The molecular weight excluding hydrogens is 429 g/mol. The molecule has 1 heterocycles. The van der Waals surface area contributed by atoms with Gasteiger partial charge >= 0.3 is 0 Å². The van der Waals surface area contributed by atoms with E-state index < -0.39 is 0 Å². The summed E-state index contributed by atoms with van der Waals surface area (Å²) in [5.74, 6) is 0.535. The summed E-state index contributed by atoms with van der Waals surface area (Å²) in [6.45, 7) is 8.92. The summed E-state index contributed by atoms with van der Waals surface area (Å²) >= 11 is 2.18. The average Bonchev–Trinajstić information content (AvgIpc) is 3.14. The molecule has 0 aliphatic rings. The predicted octanol–water partition coefficient (Wildman–Crippen LogP) is 4.28. The molecule has 1 atom stereocenters. The van der Waals surface area contributed by atoms with E-state index in [1.54, 1.807) is 6.07 Å². The SMILES string of the molecule is CCN(CC(C)(CC)CNC(=O)c1cc(CI)on1)c1ccccc1. The number of alkyl halides is 1. The number of aromatic nitrogens is 1. The van der Waals surface area contributed by atoms with Crippen molar-refractivity contribution in [3.8, 4) is 0 Å². The highest BCUT2D eigenvalue weighted by Crippen LogP contribution is 2.25. The second-order valence-corrected chi connectivity index (χ2v) is 7.27. The maximum atomic E-state index is 12.3. The Morgan fingerprint density at radius 2 is 2.04 bits per heavy atom. The van der Waals surface area contributed by atoms with Crippen molar-refractivity contribution in [2.24, 2.45) is 5.41 Å². The maximum Gasteiger partial charge on any atom is 0.273 e. The lowest BCUT2D eigenvalue weighted by Crippen LogP contribution is -2.43. The van der Waals surface area contributed by atoms with Crippen LogP contribution >= 0.6 is 22.6 Å². The summed E-state index contributed by atoms with van der Waals surface area (Å²) in [4.78, 5) is 14.7. The molecule has 25 heavy (non-hydrogen) atoms. The van der Waals surface area contributed by atoms with E-state index in [0.717, 1.165) is 19.5 Å². The third-order valence-electron chi connectivity index (χ3n) is 4.53. The van der Waals surface area contributed by atoms with Gasteiger partial charge in [0.25, 0.3) is 5.91 Å². The topological polar surface area (TPSA) is 58.4 Å². The molecule has 2 aromatic rings. The van der Waals surface area contributed by atoms with Crippen LogP contribution in [0.5, 0.6) is 0 Å². The Bertz CT molecular complexity index is 674. The molecular formula is C19H26IN3O2. The van der Waals surface area contributed by atoms with Crippen molar-refractivity contribution in [3.05, 3.63) is 47.9 Å². The zero-order valence-electron chi connectivity index (χ0n) is 15.1. The first-order valence-electron chi connectivity index (χ1n) is 8.61. The van der Waals surface area contributed by atoms with E-state index in [4.69, 9.17) is 4.52 Å². The van der Waals surface area contributed by atoms with Gasteiger partial charge < -0.3 is 14.7 Å². The van der Waals surface area contributed by atoms with Crippen LogP contribution in [-0.2, 0) is 4.43 Å². The number of halogens is 1. The van der Waals surface area contributed by atoms with Gasteiger partial charge in [-0.25, -0.2) is 0 Å². The van der Waals surface area contributed by atoms with E-state index in [-0.39, 0.29) is 11.3 Å². The Kier molecular flexibility index (Phi) is 7.28. The van der Waals surface area contributed by atoms with Crippen molar-refractivity contribution in [1.82, 2.24) is 10.5 Å². The monoisotopic (exact) mass is 455 g/mol. The van der Waals surface area contributed by atoms with Crippen LogP contribution in [0.3, 0.4) is 0 Å². The molecule has 0 aliphatic heterocycles. The van der Waals surface area contributed by atoms with Gasteiger partial charge in [-0.15, -0.1) is 0 Å². The summed E-state index contributed by atoms with van der Waals surface area (Å²) in [5, 5.41) is 6.85. The van der Waals surface area contributed by atoms with Crippen molar-refractivity contribution in [3.63, 3.8) is 0 Å². The smallest absolute Gasteiger partial charge is 0.273 e. The van der Waals surface area contributed by atoms with E-state index in [9.17, 15) is 4.79 Å². The lowest BCUT2D eigenvalue weighted by molar-refractivity contribution is 0.0924. The highest BCUT2D eigenvalue weighted by Gasteiger charge is 2.26. The lowest BCUT2D eigenvalue weighted by atomic mass is 9.86. The zero-order valence-corrected chi connectivity index (χ0v) is 17.2. The molecule has 1 N–H and O–H groups in total. The first-order chi connectivity index (χ1) is 12.0. The fraction of sp³-hybridized carbons (Fsp3) is 0.474. The first-order valence-corrected chi connectivity index (χ1v) is 10.1. The Morgan fingerprint density at radius 1 is 1.32 bits per heavy atom. The molecule has 1 amide bonds. The second kappa shape index (κ2) is 9.22. The van der Waals surface area contributed by atoms with Crippen molar-refractivity contribution in [2.45, 2.75) is 31.6 Å². The third-order valence-corrected chi connectivity index (χ3v) is 5.28. The second-order valence-electron chi connectivity index (χ2n) is 6.51. The first kappa shape index (κ1) is 19.8. The molecule has 2 rings (SSSR count). The number of nitrogens with one attached hydrogen (secondary N) is 1. The standard InChI is InChI=1S/C19H26IN3O2/c1-4-19(3,14-23(5-2)15-9-7-6-8-10-15)13-21-18(24)17-11-16(12-20)25-22-17/h6-11H,4-5,12-14H2,1-3H3,(H,21,24). The number of nitrogens with zero attached hydrogens (tertiary/aromatic N) is 2. The number of hydrogen-bond donors (Lipinski definition) is 1. The van der Waals surface area contributed by atoms with Crippen LogP contribution in [-0.4, -0.2) is 30.7 Å². The minimum absolute atomic E-state index is 0.0304. The molecule has 0 bridgehead atoms. The molecule has 0 aliphatic carbocycles. The van der Waals surface area contributed by atoms with Gasteiger partial charge in [-0.2, -0.15) is 0 Å². The minimum Gasteiger partial charge on any atom is -0.371 e. The van der Waals surface area contributed by atoms with Gasteiger partial charge in [-0.1, -0.05) is 59.8 Å². The van der Waals surface area contributed by atoms with Gasteiger partial charge in [0.1, 0.15) is 5.76 Å². The van der Waals surface area contributed by atoms with Gasteiger partial charge in [0.2, 0.25) is 0 Å². The van der Waals surface area contributed by atoms with Crippen molar-refractivity contribution < 1.29 is 9.32 Å². The van der Waals surface area contributed by atoms with E-state index in [1.807, 2.05) is 6.07 Å². The summed E-state index contributed by atoms with van der Waals surface area (Å²) in [6, 6.07) is 12.1. The number of amides is 1. The summed E-state index contributed by atoms with van der Waals surface area (Å²) < 4.78 is 5.81. The molecule has 6 heteroatoms. The van der Waals surface area contributed by atoms with E-state index in [2.05, 4.69) is 83.0 Å². The summed E-state index contributed by atoms with van der Waals surface area (Å²) in [7, 11) is 0. The third kappa shape index (κ3) is 5.45. The normalized spacial score (nSPS) is 13.3. The molecule has 1 aromatic carbocycles. The van der Waals surface area contributed by atoms with E-state index in [0.29, 0.717) is 22.4 Å². The molecule has 0 spiro atoms. The highest BCUT2D eigenvalue weighted by molar-refractivity contribution is 14.1. The zero-order chi connectivity index (χ0) is 18.3. The summed E-state index contributed by atoms with van der Waals surface area (Å²) in [6.07, 6.45) is 0.967. The number of benzene rings is 1. The van der Waals surface area contributed by atoms with Gasteiger partial charge in [-0.05, 0) is 25.5 Å². The van der Waals surface area contributed by atoms with Crippen LogP contribution in [0.25, 0.3) is 0 Å². The van der Waals surface area contributed by atoms with E-state index >= 15 is 0 Å². The average molecular weight is 455 g/mol. The molecule has 1 unspecified atom stereocenters. The van der Waals surface area contributed by atoms with Crippen molar-refractivity contribution in [1.29, 1.82) is 0 Å². The number of hydrogen-bond acceptors (Lipinski definition) is 4. The Morgan fingerprint density at radius 3 is 2.60 bits per heavy atom.